The van der Waals surface area contributed by atoms with E-state index < -0.39 is 4.92 Å². The van der Waals surface area contributed by atoms with Crippen LogP contribution in [0.3, 0.4) is 0 Å². The summed E-state index contributed by atoms with van der Waals surface area (Å²) in [5, 5.41) is 15.5. The third-order valence-corrected chi connectivity index (χ3v) is 8.02. The lowest BCUT2D eigenvalue weighted by atomic mass is 10.0. The average Bonchev–Trinajstić information content (AvgIpc) is 3.47. The standard InChI is InChI=1S/C26H22N4O5S2/c1-2-35-26(32)29-13-12-18-21(15-29)37-25(23(18)24-27-19-8-3-4-9-20(19)36-24)28-22(31)11-10-16-6-5-7-17(14-16)30(33)34/h3-11,14H,2,12-13,15H2,1H3,(H,28,31). The molecule has 1 aliphatic heterocycles. The van der Waals surface area contributed by atoms with Crippen LogP contribution >= 0.6 is 22.7 Å². The summed E-state index contributed by atoms with van der Waals surface area (Å²) in [5.74, 6) is -0.366. The molecule has 0 atom stereocenters. The first-order chi connectivity index (χ1) is 17.9. The minimum absolute atomic E-state index is 0.0437. The maximum atomic E-state index is 12.9. The van der Waals surface area contributed by atoms with Crippen molar-refractivity contribution in [2.45, 2.75) is 19.9 Å². The van der Waals surface area contributed by atoms with E-state index in [9.17, 15) is 19.7 Å². The second kappa shape index (κ2) is 10.5. The number of carbonyl (C=O) groups excluding carboxylic acids is 2. The normalized spacial score (nSPS) is 13.1. The first-order valence-electron chi connectivity index (χ1n) is 11.6. The SMILES string of the molecule is CCOC(=O)N1CCc2c(sc(NC(=O)C=Cc3cccc([N+](=O)[O-])c3)c2-c2nc3ccccc3s2)C1. The van der Waals surface area contributed by atoms with Gasteiger partial charge in [-0.2, -0.15) is 0 Å². The minimum Gasteiger partial charge on any atom is -0.450 e. The largest absolute Gasteiger partial charge is 0.450 e. The van der Waals surface area contributed by atoms with Gasteiger partial charge in [0.2, 0.25) is 5.91 Å². The lowest BCUT2D eigenvalue weighted by Gasteiger charge is -2.26. The fourth-order valence-electron chi connectivity index (χ4n) is 4.14. The summed E-state index contributed by atoms with van der Waals surface area (Å²) in [6.45, 7) is 3.00. The Morgan fingerprint density at radius 3 is 2.84 bits per heavy atom. The van der Waals surface area contributed by atoms with E-state index in [1.54, 1.807) is 35.3 Å². The number of hydrogen-bond donors (Lipinski definition) is 1. The second-order valence-corrected chi connectivity index (χ2v) is 10.4. The maximum absolute atomic E-state index is 12.9. The highest BCUT2D eigenvalue weighted by Gasteiger charge is 2.29. The van der Waals surface area contributed by atoms with Gasteiger partial charge >= 0.3 is 6.09 Å². The molecule has 11 heteroatoms. The summed E-state index contributed by atoms with van der Waals surface area (Å²) in [5.41, 5.74) is 3.34. The molecule has 188 valence electrons. The average molecular weight is 535 g/mol. The Labute approximate surface area is 220 Å². The van der Waals surface area contributed by atoms with Gasteiger partial charge < -0.3 is 15.0 Å². The minimum atomic E-state index is -0.475. The van der Waals surface area contributed by atoms with E-state index in [0.717, 1.165) is 31.2 Å². The van der Waals surface area contributed by atoms with Crippen molar-refractivity contribution in [2.75, 3.05) is 18.5 Å². The predicted octanol–water partition coefficient (Wildman–Crippen LogP) is 6.10. The van der Waals surface area contributed by atoms with Crippen molar-refractivity contribution in [1.29, 1.82) is 0 Å². The monoisotopic (exact) mass is 534 g/mol. The van der Waals surface area contributed by atoms with Gasteiger partial charge in [-0.1, -0.05) is 24.3 Å². The molecular formula is C26H22N4O5S2. The summed E-state index contributed by atoms with van der Waals surface area (Å²) in [6.07, 6.45) is 3.16. The maximum Gasteiger partial charge on any atom is 0.410 e. The van der Waals surface area contributed by atoms with Crippen molar-refractivity contribution in [3.8, 4) is 10.6 Å². The third-order valence-electron chi connectivity index (χ3n) is 5.84. The Morgan fingerprint density at radius 2 is 2.05 bits per heavy atom. The fourth-order valence-corrected chi connectivity index (χ4v) is 6.51. The molecule has 0 aliphatic carbocycles. The highest BCUT2D eigenvalue weighted by atomic mass is 32.1. The molecule has 2 aromatic heterocycles. The topological polar surface area (TPSA) is 115 Å². The summed E-state index contributed by atoms with van der Waals surface area (Å²) >= 11 is 2.98. The van der Waals surface area contributed by atoms with Crippen molar-refractivity contribution in [2.24, 2.45) is 0 Å². The molecular weight excluding hydrogens is 512 g/mol. The van der Waals surface area contributed by atoms with Crippen LogP contribution in [0, 0.1) is 10.1 Å². The Hall–Kier alpha value is -4.09. The summed E-state index contributed by atoms with van der Waals surface area (Å²) < 4.78 is 6.23. The van der Waals surface area contributed by atoms with E-state index in [2.05, 4.69) is 5.32 Å². The number of nitro benzene ring substituents is 1. The quantitative estimate of drug-likeness (QED) is 0.182. The molecule has 0 spiro atoms. The van der Waals surface area contributed by atoms with Crippen LogP contribution in [0.15, 0.2) is 54.6 Å². The van der Waals surface area contributed by atoms with Gasteiger partial charge in [0.15, 0.2) is 0 Å². The number of hydrogen-bond acceptors (Lipinski definition) is 8. The molecule has 4 aromatic rings. The number of nitrogens with zero attached hydrogens (tertiary/aromatic N) is 3. The van der Waals surface area contributed by atoms with E-state index in [0.29, 0.717) is 36.7 Å². The number of fused-ring (bicyclic) bond motifs is 2. The molecule has 3 heterocycles. The van der Waals surface area contributed by atoms with Gasteiger partial charge in [-0.25, -0.2) is 9.78 Å². The zero-order valence-electron chi connectivity index (χ0n) is 19.8. The van der Waals surface area contributed by atoms with Crippen LogP contribution in [-0.4, -0.2) is 40.0 Å². The third kappa shape index (κ3) is 5.23. The first kappa shape index (κ1) is 24.6. The van der Waals surface area contributed by atoms with Crippen LogP contribution in [0.25, 0.3) is 26.9 Å². The lowest BCUT2D eigenvalue weighted by molar-refractivity contribution is -0.384. The Kier molecular flexibility index (Phi) is 6.97. The molecule has 0 saturated carbocycles. The number of para-hydroxylation sites is 1. The van der Waals surface area contributed by atoms with Gasteiger partial charge in [-0.3, -0.25) is 14.9 Å². The number of nitrogens with one attached hydrogen (secondary N) is 1. The number of carbonyl (C=O) groups is 2. The van der Waals surface area contributed by atoms with Gasteiger partial charge in [0.1, 0.15) is 10.0 Å². The van der Waals surface area contributed by atoms with Gasteiger partial charge in [-0.15, -0.1) is 22.7 Å². The lowest BCUT2D eigenvalue weighted by Crippen LogP contribution is -2.35. The van der Waals surface area contributed by atoms with Crippen LogP contribution in [-0.2, 0) is 22.5 Å². The van der Waals surface area contributed by atoms with Gasteiger partial charge in [0, 0.05) is 35.2 Å². The molecule has 2 amide bonds. The molecule has 1 aliphatic rings. The number of non-ortho nitro benzene ring substituents is 1. The number of thiophene rings is 1. The molecule has 0 bridgehead atoms. The molecule has 0 unspecified atom stereocenters. The molecule has 0 radical (unpaired) electrons. The molecule has 2 aromatic carbocycles. The molecule has 1 N–H and O–H groups in total. The number of ether oxygens (including phenoxy) is 1. The Balaban J connectivity index is 1.46. The summed E-state index contributed by atoms with van der Waals surface area (Å²) in [7, 11) is 0. The Bertz CT molecular complexity index is 1510. The van der Waals surface area contributed by atoms with E-state index >= 15 is 0 Å². The van der Waals surface area contributed by atoms with Crippen LogP contribution < -0.4 is 5.32 Å². The van der Waals surface area contributed by atoms with Crippen molar-refractivity contribution in [3.63, 3.8) is 0 Å². The summed E-state index contributed by atoms with van der Waals surface area (Å²) in [4.78, 5) is 43.3. The van der Waals surface area contributed by atoms with Crippen LogP contribution in [0.2, 0.25) is 0 Å². The number of anilines is 1. The highest BCUT2D eigenvalue weighted by molar-refractivity contribution is 7.23. The smallest absolute Gasteiger partial charge is 0.410 e. The van der Waals surface area contributed by atoms with Crippen molar-refractivity contribution >= 4 is 61.7 Å². The molecule has 9 nitrogen and oxygen atoms in total. The number of amides is 2. The zero-order valence-corrected chi connectivity index (χ0v) is 21.4. The van der Waals surface area contributed by atoms with E-state index in [1.165, 1.54) is 35.6 Å². The van der Waals surface area contributed by atoms with Gasteiger partial charge in [-0.05, 0) is 42.7 Å². The zero-order chi connectivity index (χ0) is 25.9. The molecule has 0 fully saturated rings. The molecule has 37 heavy (non-hydrogen) atoms. The first-order valence-corrected chi connectivity index (χ1v) is 13.2. The number of aromatic nitrogens is 1. The van der Waals surface area contributed by atoms with E-state index in [4.69, 9.17) is 9.72 Å². The molecule has 5 rings (SSSR count). The number of rotatable bonds is 6. The van der Waals surface area contributed by atoms with Crippen molar-refractivity contribution in [3.05, 3.63) is 80.7 Å². The number of benzene rings is 2. The fraction of sp³-hybridized carbons (Fsp3) is 0.192. The van der Waals surface area contributed by atoms with Crippen molar-refractivity contribution in [1.82, 2.24) is 9.88 Å². The second-order valence-electron chi connectivity index (χ2n) is 8.24. The predicted molar refractivity (Wildman–Crippen MR) is 145 cm³/mol. The van der Waals surface area contributed by atoms with Crippen molar-refractivity contribution < 1.29 is 19.2 Å². The summed E-state index contributed by atoms with van der Waals surface area (Å²) in [6, 6.07) is 13.9. The highest BCUT2D eigenvalue weighted by Crippen LogP contribution is 2.45. The Morgan fingerprint density at radius 1 is 1.22 bits per heavy atom. The van der Waals surface area contributed by atoms with Crippen LogP contribution in [0.4, 0.5) is 15.5 Å². The van der Waals surface area contributed by atoms with Gasteiger partial charge in [0.05, 0.1) is 28.3 Å². The van der Waals surface area contributed by atoms with Crippen LogP contribution in [0.5, 0.6) is 0 Å². The van der Waals surface area contributed by atoms with Crippen LogP contribution in [0.1, 0.15) is 22.9 Å². The number of nitro groups is 1. The van der Waals surface area contributed by atoms with Gasteiger partial charge in [0.25, 0.3) is 5.69 Å². The molecule has 0 saturated heterocycles. The number of thiazole rings is 1. The van der Waals surface area contributed by atoms with E-state index in [-0.39, 0.29) is 17.7 Å². The van der Waals surface area contributed by atoms with E-state index in [1.807, 2.05) is 24.3 Å².